The molecule has 1 aromatic carbocycles. The van der Waals surface area contributed by atoms with Gasteiger partial charge in [0.1, 0.15) is 0 Å². The Morgan fingerprint density at radius 3 is 2.32 bits per heavy atom. The zero-order valence-electron chi connectivity index (χ0n) is 10.5. The highest BCUT2D eigenvalue weighted by Crippen LogP contribution is 2.57. The van der Waals surface area contributed by atoms with E-state index in [2.05, 4.69) is 5.43 Å². The molecule has 2 aliphatic rings. The van der Waals surface area contributed by atoms with E-state index in [4.69, 9.17) is 5.84 Å². The molecule has 2 aliphatic carbocycles. The summed E-state index contributed by atoms with van der Waals surface area (Å²) in [6.07, 6.45) is -1.10. The SMILES string of the molecule is NNC(c1ccccc1C(F)(F)F)C1CC2CC2C1. The number of hydrogen-bond acceptors (Lipinski definition) is 2. The lowest BCUT2D eigenvalue weighted by molar-refractivity contribution is -0.138. The number of benzene rings is 1. The van der Waals surface area contributed by atoms with Crippen molar-refractivity contribution in [3.63, 3.8) is 0 Å². The molecule has 2 nitrogen and oxygen atoms in total. The third-order valence-electron chi connectivity index (χ3n) is 4.53. The molecule has 0 radical (unpaired) electrons. The van der Waals surface area contributed by atoms with Crippen LogP contribution in [0.4, 0.5) is 13.2 Å². The molecule has 19 heavy (non-hydrogen) atoms. The van der Waals surface area contributed by atoms with Crippen LogP contribution in [-0.2, 0) is 6.18 Å². The van der Waals surface area contributed by atoms with Crippen LogP contribution in [0.25, 0.3) is 0 Å². The van der Waals surface area contributed by atoms with Gasteiger partial charge in [-0.2, -0.15) is 13.2 Å². The van der Waals surface area contributed by atoms with E-state index in [0.717, 1.165) is 30.7 Å². The van der Waals surface area contributed by atoms with Crippen molar-refractivity contribution in [2.45, 2.75) is 31.5 Å². The molecule has 0 amide bonds. The number of hydrogen-bond donors (Lipinski definition) is 2. The fraction of sp³-hybridized carbons (Fsp3) is 0.571. The molecule has 2 saturated carbocycles. The molecule has 2 fully saturated rings. The first kappa shape index (κ1) is 12.9. The zero-order valence-corrected chi connectivity index (χ0v) is 10.5. The van der Waals surface area contributed by atoms with Gasteiger partial charge >= 0.3 is 6.18 Å². The Hall–Kier alpha value is -1.07. The molecule has 104 valence electrons. The summed E-state index contributed by atoms with van der Waals surface area (Å²) < 4.78 is 39.1. The highest BCUT2D eigenvalue weighted by molar-refractivity contribution is 5.33. The summed E-state index contributed by atoms with van der Waals surface area (Å²) in [5, 5.41) is 0. The van der Waals surface area contributed by atoms with Gasteiger partial charge in [0.2, 0.25) is 0 Å². The predicted molar refractivity (Wildman–Crippen MR) is 65.8 cm³/mol. The summed E-state index contributed by atoms with van der Waals surface area (Å²) >= 11 is 0. The first-order valence-corrected chi connectivity index (χ1v) is 6.63. The molecule has 0 bridgehead atoms. The summed E-state index contributed by atoms with van der Waals surface area (Å²) in [7, 11) is 0. The number of rotatable bonds is 3. The third-order valence-corrected chi connectivity index (χ3v) is 4.53. The second-order valence-electron chi connectivity index (χ2n) is 5.72. The van der Waals surface area contributed by atoms with Gasteiger partial charge in [-0.1, -0.05) is 18.2 Å². The maximum Gasteiger partial charge on any atom is 0.416 e. The fourth-order valence-corrected chi connectivity index (χ4v) is 3.54. The first-order valence-electron chi connectivity index (χ1n) is 6.63. The topological polar surface area (TPSA) is 38.0 Å². The molecular formula is C14H17F3N2. The van der Waals surface area contributed by atoms with E-state index in [-0.39, 0.29) is 11.5 Å². The molecule has 0 spiro atoms. The van der Waals surface area contributed by atoms with Crippen molar-refractivity contribution in [3.8, 4) is 0 Å². The number of nitrogens with one attached hydrogen (secondary N) is 1. The zero-order chi connectivity index (χ0) is 13.6. The third kappa shape index (κ3) is 2.37. The van der Waals surface area contributed by atoms with Crippen LogP contribution in [0.3, 0.4) is 0 Å². The lowest BCUT2D eigenvalue weighted by atomic mass is 9.87. The quantitative estimate of drug-likeness (QED) is 0.653. The average Bonchev–Trinajstić information content (AvgIpc) is 2.97. The molecule has 3 rings (SSSR count). The van der Waals surface area contributed by atoms with E-state index < -0.39 is 17.8 Å². The molecule has 3 N–H and O–H groups in total. The Balaban J connectivity index is 1.90. The average molecular weight is 270 g/mol. The molecule has 1 aromatic rings. The first-order chi connectivity index (χ1) is 9.00. The lowest BCUT2D eigenvalue weighted by Crippen LogP contribution is -2.34. The molecule has 0 heterocycles. The molecule has 3 atom stereocenters. The number of alkyl halides is 3. The molecular weight excluding hydrogens is 253 g/mol. The Kier molecular flexibility index (Phi) is 3.06. The number of halogens is 3. The van der Waals surface area contributed by atoms with Gasteiger partial charge in [-0.3, -0.25) is 11.3 Å². The van der Waals surface area contributed by atoms with Crippen LogP contribution in [0, 0.1) is 17.8 Å². The monoisotopic (exact) mass is 270 g/mol. The van der Waals surface area contributed by atoms with Gasteiger partial charge in [-0.25, -0.2) is 0 Å². The van der Waals surface area contributed by atoms with Gasteiger partial charge in [0.15, 0.2) is 0 Å². The number of nitrogens with two attached hydrogens (primary N) is 1. The van der Waals surface area contributed by atoms with E-state index >= 15 is 0 Å². The summed E-state index contributed by atoms with van der Waals surface area (Å²) in [4.78, 5) is 0. The maximum absolute atomic E-state index is 13.0. The minimum Gasteiger partial charge on any atom is -0.271 e. The van der Waals surface area contributed by atoms with Crippen LogP contribution in [0.15, 0.2) is 24.3 Å². The smallest absolute Gasteiger partial charge is 0.271 e. The van der Waals surface area contributed by atoms with Gasteiger partial charge in [0.25, 0.3) is 0 Å². The standard InChI is InChI=1S/C14H17F3N2/c15-14(16,17)12-4-2-1-3-11(12)13(19-18)10-6-8-5-9(8)7-10/h1-4,8-10,13,19H,5-7,18H2. The minimum absolute atomic E-state index is 0.220. The normalized spacial score (nSPS) is 31.1. The van der Waals surface area contributed by atoms with Crippen molar-refractivity contribution >= 4 is 0 Å². The molecule has 0 aliphatic heterocycles. The van der Waals surface area contributed by atoms with Crippen molar-refractivity contribution in [1.82, 2.24) is 5.43 Å². The number of hydrazine groups is 1. The van der Waals surface area contributed by atoms with Crippen LogP contribution in [0.2, 0.25) is 0 Å². The second-order valence-corrected chi connectivity index (χ2v) is 5.72. The van der Waals surface area contributed by atoms with Gasteiger partial charge in [0, 0.05) is 6.04 Å². The van der Waals surface area contributed by atoms with E-state index in [1.54, 1.807) is 6.07 Å². The fourth-order valence-electron chi connectivity index (χ4n) is 3.54. The second kappa shape index (κ2) is 4.49. The van der Waals surface area contributed by atoms with Crippen molar-refractivity contribution in [1.29, 1.82) is 0 Å². The van der Waals surface area contributed by atoms with Crippen molar-refractivity contribution in [2.24, 2.45) is 23.6 Å². The van der Waals surface area contributed by atoms with Gasteiger partial charge in [-0.15, -0.1) is 0 Å². The Bertz CT molecular complexity index is 462. The van der Waals surface area contributed by atoms with Gasteiger partial charge < -0.3 is 0 Å². The van der Waals surface area contributed by atoms with Crippen LogP contribution in [0.1, 0.15) is 36.4 Å². The van der Waals surface area contributed by atoms with Crippen LogP contribution in [0.5, 0.6) is 0 Å². The molecule has 5 heteroatoms. The van der Waals surface area contributed by atoms with E-state index in [1.807, 2.05) is 0 Å². The van der Waals surface area contributed by atoms with E-state index in [1.165, 1.54) is 18.6 Å². The molecule has 0 aromatic heterocycles. The van der Waals surface area contributed by atoms with Crippen molar-refractivity contribution < 1.29 is 13.2 Å². The summed E-state index contributed by atoms with van der Waals surface area (Å²) in [6, 6.07) is 5.34. The van der Waals surface area contributed by atoms with Crippen molar-refractivity contribution in [3.05, 3.63) is 35.4 Å². The highest BCUT2D eigenvalue weighted by atomic mass is 19.4. The molecule has 3 unspecified atom stereocenters. The van der Waals surface area contributed by atoms with E-state index in [9.17, 15) is 13.2 Å². The maximum atomic E-state index is 13.0. The Labute approximate surface area is 110 Å². The summed E-state index contributed by atoms with van der Waals surface area (Å²) in [6.45, 7) is 0. The predicted octanol–water partition coefficient (Wildman–Crippen LogP) is 3.26. The van der Waals surface area contributed by atoms with Gasteiger partial charge in [-0.05, 0) is 48.6 Å². The number of fused-ring (bicyclic) bond motifs is 1. The Morgan fingerprint density at radius 2 is 1.74 bits per heavy atom. The summed E-state index contributed by atoms with van der Waals surface area (Å²) in [5.74, 6) is 7.20. The van der Waals surface area contributed by atoms with Crippen LogP contribution >= 0.6 is 0 Å². The largest absolute Gasteiger partial charge is 0.416 e. The highest BCUT2D eigenvalue weighted by Gasteiger charge is 2.49. The molecule has 0 saturated heterocycles. The van der Waals surface area contributed by atoms with Crippen LogP contribution < -0.4 is 11.3 Å². The summed E-state index contributed by atoms with van der Waals surface area (Å²) in [5.41, 5.74) is 2.32. The Morgan fingerprint density at radius 1 is 1.11 bits per heavy atom. The lowest BCUT2D eigenvalue weighted by Gasteiger charge is -2.27. The van der Waals surface area contributed by atoms with Crippen LogP contribution in [-0.4, -0.2) is 0 Å². The van der Waals surface area contributed by atoms with Gasteiger partial charge in [0.05, 0.1) is 5.56 Å². The van der Waals surface area contributed by atoms with Crippen molar-refractivity contribution in [2.75, 3.05) is 0 Å². The minimum atomic E-state index is -4.33. The van der Waals surface area contributed by atoms with E-state index in [0.29, 0.717) is 0 Å².